The monoisotopic (exact) mass is 204 g/mol. The Hall–Kier alpha value is -1.59. The number of ether oxygens (including phenoxy) is 3. The average molecular weight is 204 g/mol. The number of carbonyl (C=O) groups excluding carboxylic acids is 3. The third kappa shape index (κ3) is 4.44. The van der Waals surface area contributed by atoms with Crippen LogP contribution in [-0.4, -0.2) is 38.7 Å². The van der Waals surface area contributed by atoms with Crippen molar-refractivity contribution in [2.24, 2.45) is 0 Å². The van der Waals surface area contributed by atoms with Gasteiger partial charge in [0.15, 0.2) is 6.10 Å². The Kier molecular flexibility index (Phi) is 6.09. The smallest absolute Gasteiger partial charge is 0.347 e. The van der Waals surface area contributed by atoms with E-state index in [1.54, 1.807) is 0 Å². The normalized spacial score (nSPS) is 11.3. The molecule has 0 saturated heterocycles. The zero-order valence-corrected chi connectivity index (χ0v) is 8.02. The molecular weight excluding hydrogens is 192 g/mol. The standard InChI is InChI=1S/C8H12O6/c1-12-7(10)4-3-6(14-5-9)8(11)13-2/h5-6H,3-4H2,1-2H3. The molecule has 0 spiro atoms. The fourth-order valence-electron chi connectivity index (χ4n) is 0.791. The molecule has 0 fully saturated rings. The van der Waals surface area contributed by atoms with Crippen molar-refractivity contribution >= 4 is 18.4 Å². The Morgan fingerprint density at radius 1 is 1.29 bits per heavy atom. The van der Waals surface area contributed by atoms with E-state index in [1.165, 1.54) is 14.2 Å². The first kappa shape index (κ1) is 12.4. The second-order valence-electron chi connectivity index (χ2n) is 2.36. The number of hydrogen-bond acceptors (Lipinski definition) is 6. The SMILES string of the molecule is COC(=O)CCC(OC=O)C(=O)OC. The summed E-state index contributed by atoms with van der Waals surface area (Å²) < 4.78 is 13.1. The maximum atomic E-state index is 10.9. The fourth-order valence-corrected chi connectivity index (χ4v) is 0.791. The Balaban J connectivity index is 4.02. The van der Waals surface area contributed by atoms with Crippen molar-refractivity contribution in [2.75, 3.05) is 14.2 Å². The zero-order chi connectivity index (χ0) is 11.0. The van der Waals surface area contributed by atoms with Crippen LogP contribution < -0.4 is 0 Å². The third-order valence-electron chi connectivity index (χ3n) is 1.52. The highest BCUT2D eigenvalue weighted by Gasteiger charge is 2.21. The molecule has 0 radical (unpaired) electrons. The molecule has 0 aliphatic carbocycles. The molecule has 0 aliphatic heterocycles. The molecule has 0 aromatic heterocycles. The molecule has 0 bridgehead atoms. The predicted octanol–water partition coefficient (Wildman–Crippen LogP) is -0.346. The summed E-state index contributed by atoms with van der Waals surface area (Å²) in [4.78, 5) is 31.7. The minimum Gasteiger partial charge on any atom is -0.469 e. The number of rotatable bonds is 6. The van der Waals surface area contributed by atoms with Crippen molar-refractivity contribution in [3.63, 3.8) is 0 Å². The van der Waals surface area contributed by atoms with E-state index in [0.717, 1.165) is 0 Å². The van der Waals surface area contributed by atoms with Crippen molar-refractivity contribution in [1.29, 1.82) is 0 Å². The lowest BCUT2D eigenvalue weighted by molar-refractivity contribution is -0.160. The van der Waals surface area contributed by atoms with Gasteiger partial charge in [0, 0.05) is 12.8 Å². The zero-order valence-electron chi connectivity index (χ0n) is 8.02. The highest BCUT2D eigenvalue weighted by atomic mass is 16.6. The highest BCUT2D eigenvalue weighted by molar-refractivity contribution is 5.77. The molecule has 1 unspecified atom stereocenters. The minimum atomic E-state index is -1.04. The lowest BCUT2D eigenvalue weighted by atomic mass is 10.2. The molecule has 0 saturated carbocycles. The van der Waals surface area contributed by atoms with Crippen molar-refractivity contribution in [3.8, 4) is 0 Å². The lowest BCUT2D eigenvalue weighted by Crippen LogP contribution is -2.26. The highest BCUT2D eigenvalue weighted by Crippen LogP contribution is 2.04. The number of hydrogen-bond donors (Lipinski definition) is 0. The van der Waals surface area contributed by atoms with Gasteiger partial charge >= 0.3 is 11.9 Å². The van der Waals surface area contributed by atoms with Crippen LogP contribution in [0.4, 0.5) is 0 Å². The fraction of sp³-hybridized carbons (Fsp3) is 0.625. The van der Waals surface area contributed by atoms with Gasteiger partial charge in [0.25, 0.3) is 6.47 Å². The van der Waals surface area contributed by atoms with E-state index in [2.05, 4.69) is 14.2 Å². The molecular formula is C8H12O6. The topological polar surface area (TPSA) is 78.9 Å². The van der Waals surface area contributed by atoms with Gasteiger partial charge in [-0.25, -0.2) is 4.79 Å². The Labute approximate surface area is 81.1 Å². The van der Waals surface area contributed by atoms with Gasteiger partial charge < -0.3 is 14.2 Å². The number of methoxy groups -OCH3 is 2. The molecule has 0 aromatic carbocycles. The third-order valence-corrected chi connectivity index (χ3v) is 1.52. The number of carbonyl (C=O) groups is 3. The van der Waals surface area contributed by atoms with E-state index in [-0.39, 0.29) is 19.3 Å². The molecule has 0 amide bonds. The van der Waals surface area contributed by atoms with Crippen LogP contribution in [0.5, 0.6) is 0 Å². The molecule has 14 heavy (non-hydrogen) atoms. The first-order valence-corrected chi connectivity index (χ1v) is 3.89. The van der Waals surface area contributed by atoms with Gasteiger partial charge in [-0.05, 0) is 0 Å². The van der Waals surface area contributed by atoms with E-state index in [4.69, 9.17) is 0 Å². The van der Waals surface area contributed by atoms with Crippen LogP contribution in [0.25, 0.3) is 0 Å². The summed E-state index contributed by atoms with van der Waals surface area (Å²) in [7, 11) is 2.40. The van der Waals surface area contributed by atoms with E-state index >= 15 is 0 Å². The van der Waals surface area contributed by atoms with E-state index < -0.39 is 18.0 Å². The van der Waals surface area contributed by atoms with E-state index in [9.17, 15) is 14.4 Å². The van der Waals surface area contributed by atoms with Gasteiger partial charge in [0.05, 0.1) is 14.2 Å². The molecule has 80 valence electrons. The van der Waals surface area contributed by atoms with Gasteiger partial charge in [-0.15, -0.1) is 0 Å². The van der Waals surface area contributed by atoms with Crippen molar-refractivity contribution in [1.82, 2.24) is 0 Å². The molecule has 0 aromatic rings. The van der Waals surface area contributed by atoms with Crippen LogP contribution in [0, 0.1) is 0 Å². The molecule has 0 N–H and O–H groups in total. The van der Waals surface area contributed by atoms with Crippen LogP contribution in [-0.2, 0) is 28.6 Å². The maximum absolute atomic E-state index is 10.9. The first-order chi connectivity index (χ1) is 6.65. The van der Waals surface area contributed by atoms with E-state index in [0.29, 0.717) is 0 Å². The molecule has 6 nitrogen and oxygen atoms in total. The molecule has 6 heteroatoms. The molecule has 0 heterocycles. The summed E-state index contributed by atoms with van der Waals surface area (Å²) in [6.07, 6.45) is -1.00. The van der Waals surface area contributed by atoms with Crippen LogP contribution in [0.1, 0.15) is 12.8 Å². The van der Waals surface area contributed by atoms with Crippen molar-refractivity contribution in [3.05, 3.63) is 0 Å². The van der Waals surface area contributed by atoms with Gasteiger partial charge in [0.2, 0.25) is 0 Å². The van der Waals surface area contributed by atoms with Crippen molar-refractivity contribution in [2.45, 2.75) is 18.9 Å². The summed E-state index contributed by atoms with van der Waals surface area (Å²) in [5.74, 6) is -1.17. The van der Waals surface area contributed by atoms with Crippen LogP contribution in [0.15, 0.2) is 0 Å². The predicted molar refractivity (Wildman–Crippen MR) is 44.2 cm³/mol. The summed E-state index contributed by atoms with van der Waals surface area (Å²) >= 11 is 0. The van der Waals surface area contributed by atoms with Crippen molar-refractivity contribution < 1.29 is 28.6 Å². The Bertz CT molecular complexity index is 212. The van der Waals surface area contributed by atoms with Crippen LogP contribution >= 0.6 is 0 Å². The Morgan fingerprint density at radius 2 is 1.93 bits per heavy atom. The second-order valence-corrected chi connectivity index (χ2v) is 2.36. The molecule has 0 aliphatic rings. The number of esters is 2. The Morgan fingerprint density at radius 3 is 2.36 bits per heavy atom. The van der Waals surface area contributed by atoms with Crippen LogP contribution in [0.3, 0.4) is 0 Å². The average Bonchev–Trinajstić information content (AvgIpc) is 2.22. The largest absolute Gasteiger partial charge is 0.469 e. The summed E-state index contributed by atoms with van der Waals surface area (Å²) in [5.41, 5.74) is 0. The maximum Gasteiger partial charge on any atom is 0.347 e. The molecule has 1 atom stereocenters. The van der Waals surface area contributed by atoms with Gasteiger partial charge in [-0.2, -0.15) is 0 Å². The first-order valence-electron chi connectivity index (χ1n) is 3.89. The van der Waals surface area contributed by atoms with Crippen LogP contribution in [0.2, 0.25) is 0 Å². The summed E-state index contributed by atoms with van der Waals surface area (Å²) in [6.45, 7) is 0.138. The van der Waals surface area contributed by atoms with Gasteiger partial charge in [0.1, 0.15) is 0 Å². The summed E-state index contributed by atoms with van der Waals surface area (Å²) in [6, 6.07) is 0. The minimum absolute atomic E-state index is 0.00981. The molecule has 0 rings (SSSR count). The summed E-state index contributed by atoms with van der Waals surface area (Å²) in [5, 5.41) is 0. The quantitative estimate of drug-likeness (QED) is 0.334. The van der Waals surface area contributed by atoms with E-state index in [1.807, 2.05) is 0 Å². The lowest BCUT2D eigenvalue weighted by Gasteiger charge is -2.11. The second kappa shape index (κ2) is 6.88. The van der Waals surface area contributed by atoms with Gasteiger partial charge in [-0.3, -0.25) is 9.59 Å². The van der Waals surface area contributed by atoms with Gasteiger partial charge in [-0.1, -0.05) is 0 Å².